The van der Waals surface area contributed by atoms with Crippen molar-refractivity contribution in [1.29, 1.82) is 0 Å². The SMILES string of the molecule is COc1cccc(CCC(=O)NC(C)c2cnn(-c3cccc(C(F)(F)F)c3)c2C)c1. The molecule has 0 saturated carbocycles. The van der Waals surface area contributed by atoms with Crippen LogP contribution < -0.4 is 10.1 Å². The molecular formula is C23H24F3N3O2. The van der Waals surface area contributed by atoms with Crippen LogP contribution in [0.5, 0.6) is 5.75 Å². The molecule has 8 heteroatoms. The maximum absolute atomic E-state index is 13.0. The second-order valence-corrected chi connectivity index (χ2v) is 7.29. The molecule has 0 spiro atoms. The summed E-state index contributed by atoms with van der Waals surface area (Å²) in [6.07, 6.45) is -1.98. The molecule has 1 amide bonds. The van der Waals surface area contributed by atoms with Gasteiger partial charge in [-0.2, -0.15) is 18.3 Å². The molecule has 1 unspecified atom stereocenters. The Hall–Kier alpha value is -3.29. The Morgan fingerprint density at radius 1 is 1.19 bits per heavy atom. The molecule has 0 saturated heterocycles. The van der Waals surface area contributed by atoms with E-state index < -0.39 is 11.7 Å². The van der Waals surface area contributed by atoms with Gasteiger partial charge >= 0.3 is 6.18 Å². The summed E-state index contributed by atoms with van der Waals surface area (Å²) in [7, 11) is 1.59. The highest BCUT2D eigenvalue weighted by Crippen LogP contribution is 2.31. The van der Waals surface area contributed by atoms with E-state index >= 15 is 0 Å². The van der Waals surface area contributed by atoms with Crippen molar-refractivity contribution in [1.82, 2.24) is 15.1 Å². The first-order valence-electron chi connectivity index (χ1n) is 9.83. The fourth-order valence-corrected chi connectivity index (χ4v) is 3.40. The quantitative estimate of drug-likeness (QED) is 0.572. The largest absolute Gasteiger partial charge is 0.497 e. The van der Waals surface area contributed by atoms with Crippen LogP contribution in [-0.2, 0) is 17.4 Å². The number of aryl methyl sites for hydroxylation is 1. The molecule has 5 nitrogen and oxygen atoms in total. The molecule has 3 aromatic rings. The van der Waals surface area contributed by atoms with E-state index in [4.69, 9.17) is 4.74 Å². The lowest BCUT2D eigenvalue weighted by molar-refractivity contribution is -0.137. The van der Waals surface area contributed by atoms with Crippen molar-refractivity contribution < 1.29 is 22.7 Å². The van der Waals surface area contributed by atoms with Crippen LogP contribution in [0.25, 0.3) is 5.69 Å². The van der Waals surface area contributed by atoms with Crippen molar-refractivity contribution in [2.45, 2.75) is 38.9 Å². The lowest BCUT2D eigenvalue weighted by atomic mass is 10.1. The predicted molar refractivity (Wildman–Crippen MR) is 111 cm³/mol. The van der Waals surface area contributed by atoms with Crippen LogP contribution in [0.4, 0.5) is 13.2 Å². The lowest BCUT2D eigenvalue weighted by Crippen LogP contribution is -2.27. The summed E-state index contributed by atoms with van der Waals surface area (Å²) < 4.78 is 45.7. The summed E-state index contributed by atoms with van der Waals surface area (Å²) in [5.74, 6) is 0.616. The van der Waals surface area contributed by atoms with Crippen LogP contribution in [0.3, 0.4) is 0 Å². The van der Waals surface area contributed by atoms with Crippen LogP contribution in [0.1, 0.15) is 41.8 Å². The second kappa shape index (κ2) is 9.24. The van der Waals surface area contributed by atoms with Gasteiger partial charge in [-0.1, -0.05) is 18.2 Å². The Bertz CT molecular complexity index is 1060. The summed E-state index contributed by atoms with van der Waals surface area (Å²) >= 11 is 0. The number of hydrogen-bond acceptors (Lipinski definition) is 3. The predicted octanol–water partition coefficient (Wildman–Crippen LogP) is 5.02. The second-order valence-electron chi connectivity index (χ2n) is 7.29. The van der Waals surface area contributed by atoms with Gasteiger partial charge in [0.1, 0.15) is 5.75 Å². The molecule has 2 aromatic carbocycles. The molecule has 0 aliphatic carbocycles. The Kier molecular flexibility index (Phi) is 6.68. The molecule has 0 bridgehead atoms. The van der Waals surface area contributed by atoms with E-state index in [1.807, 2.05) is 31.2 Å². The summed E-state index contributed by atoms with van der Waals surface area (Å²) in [4.78, 5) is 12.4. The number of amides is 1. The van der Waals surface area contributed by atoms with Crippen LogP contribution in [0.15, 0.2) is 54.7 Å². The van der Waals surface area contributed by atoms with Crippen LogP contribution in [-0.4, -0.2) is 22.8 Å². The first-order valence-corrected chi connectivity index (χ1v) is 9.83. The van der Waals surface area contributed by atoms with E-state index in [1.54, 1.807) is 26.3 Å². The maximum Gasteiger partial charge on any atom is 0.416 e. The van der Waals surface area contributed by atoms with Gasteiger partial charge in [0.2, 0.25) is 5.91 Å². The molecule has 0 radical (unpaired) electrons. The Labute approximate surface area is 178 Å². The van der Waals surface area contributed by atoms with E-state index in [-0.39, 0.29) is 11.9 Å². The fraction of sp³-hybridized carbons (Fsp3) is 0.304. The number of carbonyl (C=O) groups excluding carboxylic acids is 1. The van der Waals surface area contributed by atoms with Crippen molar-refractivity contribution in [2.24, 2.45) is 0 Å². The van der Waals surface area contributed by atoms with E-state index in [2.05, 4.69) is 10.4 Å². The zero-order chi connectivity index (χ0) is 22.6. The zero-order valence-electron chi connectivity index (χ0n) is 17.5. The molecule has 31 heavy (non-hydrogen) atoms. The number of halogens is 3. The summed E-state index contributed by atoms with van der Waals surface area (Å²) in [6.45, 7) is 3.59. The third kappa shape index (κ3) is 5.45. The van der Waals surface area contributed by atoms with Gasteiger partial charge in [-0.3, -0.25) is 4.79 Å². The molecule has 164 valence electrons. The van der Waals surface area contributed by atoms with Gasteiger partial charge in [-0.05, 0) is 56.2 Å². The third-order valence-electron chi connectivity index (χ3n) is 5.08. The normalized spacial score (nSPS) is 12.5. The molecule has 1 heterocycles. The number of alkyl halides is 3. The average Bonchev–Trinajstić information content (AvgIpc) is 3.13. The smallest absolute Gasteiger partial charge is 0.416 e. The number of nitrogens with zero attached hydrogens (tertiary/aromatic N) is 2. The van der Waals surface area contributed by atoms with Gasteiger partial charge in [-0.15, -0.1) is 0 Å². The number of nitrogens with one attached hydrogen (secondary N) is 1. The standard InChI is InChI=1S/C23H24F3N3O2/c1-15(28-22(30)11-10-17-6-4-9-20(12-17)31-3)21-14-27-29(16(21)2)19-8-5-7-18(13-19)23(24,25)26/h4-9,12-15H,10-11H2,1-3H3,(H,28,30). The number of rotatable bonds is 7. The van der Waals surface area contributed by atoms with Crippen molar-refractivity contribution >= 4 is 5.91 Å². The van der Waals surface area contributed by atoms with Crippen LogP contribution in [0.2, 0.25) is 0 Å². The Morgan fingerprint density at radius 2 is 1.94 bits per heavy atom. The van der Waals surface area contributed by atoms with Gasteiger partial charge < -0.3 is 10.1 Å². The van der Waals surface area contributed by atoms with Crippen molar-refractivity contribution in [2.75, 3.05) is 7.11 Å². The summed E-state index contributed by atoms with van der Waals surface area (Å²) in [6, 6.07) is 12.2. The molecule has 0 aliphatic rings. The summed E-state index contributed by atoms with van der Waals surface area (Å²) in [5, 5.41) is 7.17. The monoisotopic (exact) mass is 431 g/mol. The lowest BCUT2D eigenvalue weighted by Gasteiger charge is -2.15. The Balaban J connectivity index is 1.67. The van der Waals surface area contributed by atoms with Crippen LogP contribution >= 0.6 is 0 Å². The van der Waals surface area contributed by atoms with E-state index in [0.717, 1.165) is 29.0 Å². The third-order valence-corrected chi connectivity index (χ3v) is 5.08. The fourth-order valence-electron chi connectivity index (χ4n) is 3.40. The molecular weight excluding hydrogens is 407 g/mol. The van der Waals surface area contributed by atoms with E-state index in [9.17, 15) is 18.0 Å². The van der Waals surface area contributed by atoms with E-state index in [1.165, 1.54) is 10.7 Å². The molecule has 3 rings (SSSR count). The van der Waals surface area contributed by atoms with Crippen molar-refractivity contribution in [3.05, 3.63) is 77.1 Å². The molecule has 1 atom stereocenters. The first-order chi connectivity index (χ1) is 14.7. The number of aromatic nitrogens is 2. The molecule has 0 aliphatic heterocycles. The molecule has 1 N–H and O–H groups in total. The van der Waals surface area contributed by atoms with Crippen LogP contribution in [0, 0.1) is 6.92 Å². The number of methoxy groups -OCH3 is 1. The number of benzene rings is 2. The Morgan fingerprint density at radius 3 is 2.65 bits per heavy atom. The minimum absolute atomic E-state index is 0.124. The van der Waals surface area contributed by atoms with Gasteiger partial charge in [0.15, 0.2) is 0 Å². The van der Waals surface area contributed by atoms with Gasteiger partial charge in [0, 0.05) is 17.7 Å². The minimum Gasteiger partial charge on any atom is -0.497 e. The van der Waals surface area contributed by atoms with Crippen molar-refractivity contribution in [3.63, 3.8) is 0 Å². The van der Waals surface area contributed by atoms with Gasteiger partial charge in [-0.25, -0.2) is 4.68 Å². The maximum atomic E-state index is 13.0. The number of ether oxygens (including phenoxy) is 1. The van der Waals surface area contributed by atoms with Crippen molar-refractivity contribution in [3.8, 4) is 11.4 Å². The zero-order valence-corrected chi connectivity index (χ0v) is 17.5. The minimum atomic E-state index is -4.43. The summed E-state index contributed by atoms with van der Waals surface area (Å²) in [5.41, 5.74) is 1.98. The van der Waals surface area contributed by atoms with E-state index in [0.29, 0.717) is 24.2 Å². The number of carbonyl (C=O) groups is 1. The topological polar surface area (TPSA) is 56.1 Å². The average molecular weight is 431 g/mol. The van der Waals surface area contributed by atoms with Gasteiger partial charge in [0.25, 0.3) is 0 Å². The molecule has 1 aromatic heterocycles. The first kappa shape index (κ1) is 22.4. The highest BCUT2D eigenvalue weighted by atomic mass is 19.4. The number of hydrogen-bond donors (Lipinski definition) is 1. The molecule has 0 fully saturated rings. The van der Waals surface area contributed by atoms with Gasteiger partial charge in [0.05, 0.1) is 30.6 Å². The highest BCUT2D eigenvalue weighted by Gasteiger charge is 2.30. The highest BCUT2D eigenvalue weighted by molar-refractivity contribution is 5.76.